The molecule has 3 N–H and O–H groups in total. The third-order valence-electron chi connectivity index (χ3n) is 3.01. The van der Waals surface area contributed by atoms with E-state index in [0.717, 1.165) is 44.0 Å². The Balaban J connectivity index is 1.84. The highest BCUT2D eigenvalue weighted by Gasteiger charge is 1.98. The van der Waals surface area contributed by atoms with Gasteiger partial charge in [0, 0.05) is 6.54 Å². The van der Waals surface area contributed by atoms with Gasteiger partial charge in [-0.15, -0.1) is 0 Å². The minimum atomic E-state index is 0.766. The van der Waals surface area contributed by atoms with Crippen LogP contribution in [0.25, 0.3) is 0 Å². The van der Waals surface area contributed by atoms with Gasteiger partial charge in [-0.3, -0.25) is 0 Å². The lowest BCUT2D eigenvalue weighted by Crippen LogP contribution is -2.15. The van der Waals surface area contributed by atoms with Crippen molar-refractivity contribution in [3.05, 3.63) is 60.2 Å². The molecule has 0 aliphatic carbocycles. The summed E-state index contributed by atoms with van der Waals surface area (Å²) in [6.45, 7) is 2.62. The zero-order valence-electron chi connectivity index (χ0n) is 11.7. The fourth-order valence-corrected chi connectivity index (χ4v) is 1.97. The van der Waals surface area contributed by atoms with Crippen LogP contribution < -0.4 is 15.8 Å². The molecule has 106 valence electrons. The summed E-state index contributed by atoms with van der Waals surface area (Å²) in [6, 6.07) is 18.0. The number of unbranched alkanes of at least 4 members (excludes halogenated alkanes) is 1. The summed E-state index contributed by atoms with van der Waals surface area (Å²) in [7, 11) is 0. The van der Waals surface area contributed by atoms with Gasteiger partial charge in [0.25, 0.3) is 0 Å². The van der Waals surface area contributed by atoms with Crippen molar-refractivity contribution >= 4 is 0 Å². The van der Waals surface area contributed by atoms with Crippen LogP contribution in [-0.4, -0.2) is 13.1 Å². The second kappa shape index (κ2) is 8.35. The fourth-order valence-electron chi connectivity index (χ4n) is 1.97. The van der Waals surface area contributed by atoms with Crippen LogP contribution in [0.2, 0.25) is 0 Å². The van der Waals surface area contributed by atoms with Crippen molar-refractivity contribution in [1.29, 1.82) is 0 Å². The molecule has 0 bridgehead atoms. The topological polar surface area (TPSA) is 47.3 Å². The van der Waals surface area contributed by atoms with E-state index in [2.05, 4.69) is 17.4 Å². The highest BCUT2D eigenvalue weighted by atomic mass is 16.5. The number of ether oxygens (including phenoxy) is 1. The van der Waals surface area contributed by atoms with Gasteiger partial charge in [0.1, 0.15) is 11.5 Å². The first-order valence-electron chi connectivity index (χ1n) is 7.11. The van der Waals surface area contributed by atoms with Gasteiger partial charge in [-0.1, -0.05) is 30.3 Å². The molecule has 0 amide bonds. The predicted molar refractivity (Wildman–Crippen MR) is 83.0 cm³/mol. The maximum Gasteiger partial charge on any atom is 0.127 e. The van der Waals surface area contributed by atoms with Crippen LogP contribution in [-0.2, 0) is 6.54 Å². The van der Waals surface area contributed by atoms with E-state index in [0.29, 0.717) is 0 Å². The van der Waals surface area contributed by atoms with Gasteiger partial charge in [0.2, 0.25) is 0 Å². The van der Waals surface area contributed by atoms with Crippen LogP contribution in [0.3, 0.4) is 0 Å². The molecule has 2 rings (SSSR count). The number of nitrogens with two attached hydrogens (primary N) is 1. The molecule has 2 aromatic carbocycles. The first kappa shape index (κ1) is 14.6. The summed E-state index contributed by atoms with van der Waals surface area (Å²) in [5, 5.41) is 3.42. The SMILES string of the molecule is NCCCCNCc1cccc(Oc2ccccc2)c1. The van der Waals surface area contributed by atoms with Crippen LogP contribution in [0.4, 0.5) is 0 Å². The highest BCUT2D eigenvalue weighted by Crippen LogP contribution is 2.21. The van der Waals surface area contributed by atoms with E-state index in [1.807, 2.05) is 42.5 Å². The molecule has 2 aromatic rings. The summed E-state index contributed by atoms with van der Waals surface area (Å²) >= 11 is 0. The number of hydrogen-bond donors (Lipinski definition) is 2. The van der Waals surface area contributed by atoms with Crippen molar-refractivity contribution in [3.8, 4) is 11.5 Å². The fraction of sp³-hybridized carbons (Fsp3) is 0.294. The third-order valence-corrected chi connectivity index (χ3v) is 3.01. The summed E-state index contributed by atoms with van der Waals surface area (Å²) in [5.74, 6) is 1.73. The molecule has 0 aliphatic rings. The average Bonchev–Trinajstić information content (AvgIpc) is 2.48. The van der Waals surface area contributed by atoms with E-state index in [-0.39, 0.29) is 0 Å². The summed E-state index contributed by atoms with van der Waals surface area (Å²) < 4.78 is 5.82. The van der Waals surface area contributed by atoms with E-state index < -0.39 is 0 Å². The number of para-hydroxylation sites is 1. The smallest absolute Gasteiger partial charge is 0.127 e. The van der Waals surface area contributed by atoms with Gasteiger partial charge in [0.15, 0.2) is 0 Å². The third kappa shape index (κ3) is 5.03. The van der Waals surface area contributed by atoms with Gasteiger partial charge < -0.3 is 15.8 Å². The van der Waals surface area contributed by atoms with Crippen molar-refractivity contribution in [2.75, 3.05) is 13.1 Å². The Morgan fingerprint density at radius 2 is 1.70 bits per heavy atom. The Morgan fingerprint density at radius 1 is 0.900 bits per heavy atom. The number of rotatable bonds is 8. The van der Waals surface area contributed by atoms with Crippen molar-refractivity contribution in [1.82, 2.24) is 5.32 Å². The lowest BCUT2D eigenvalue weighted by molar-refractivity contribution is 0.481. The van der Waals surface area contributed by atoms with Gasteiger partial charge in [-0.05, 0) is 55.8 Å². The van der Waals surface area contributed by atoms with Gasteiger partial charge >= 0.3 is 0 Å². The molecule has 0 saturated carbocycles. The number of hydrogen-bond acceptors (Lipinski definition) is 3. The predicted octanol–water partition coefficient (Wildman–Crippen LogP) is 3.31. The molecule has 0 unspecified atom stereocenters. The average molecular weight is 270 g/mol. The van der Waals surface area contributed by atoms with Crippen LogP contribution >= 0.6 is 0 Å². The number of benzene rings is 2. The molecule has 0 radical (unpaired) electrons. The summed E-state index contributed by atoms with van der Waals surface area (Å²) in [6.07, 6.45) is 2.20. The maximum absolute atomic E-state index is 5.82. The molecule has 0 atom stereocenters. The Morgan fingerprint density at radius 3 is 2.50 bits per heavy atom. The molecule has 3 heteroatoms. The van der Waals surface area contributed by atoms with Crippen LogP contribution in [0.1, 0.15) is 18.4 Å². The minimum Gasteiger partial charge on any atom is -0.457 e. The zero-order valence-corrected chi connectivity index (χ0v) is 11.7. The number of nitrogens with one attached hydrogen (secondary N) is 1. The lowest BCUT2D eigenvalue weighted by Gasteiger charge is -2.08. The molecule has 0 saturated heterocycles. The maximum atomic E-state index is 5.82. The molecule has 0 aliphatic heterocycles. The minimum absolute atomic E-state index is 0.766. The first-order chi connectivity index (χ1) is 9.88. The van der Waals surface area contributed by atoms with Crippen LogP contribution in [0, 0.1) is 0 Å². The molecule has 20 heavy (non-hydrogen) atoms. The van der Waals surface area contributed by atoms with E-state index in [1.54, 1.807) is 0 Å². The molecule has 3 nitrogen and oxygen atoms in total. The molecule has 0 fully saturated rings. The van der Waals surface area contributed by atoms with E-state index in [9.17, 15) is 0 Å². The standard InChI is InChI=1S/C17H22N2O/c18-11-4-5-12-19-14-15-7-6-10-17(13-15)20-16-8-2-1-3-9-16/h1-3,6-10,13,19H,4-5,11-12,14,18H2. The van der Waals surface area contributed by atoms with E-state index >= 15 is 0 Å². The Labute approximate surface area is 120 Å². The van der Waals surface area contributed by atoms with Crippen LogP contribution in [0.5, 0.6) is 11.5 Å². The normalized spacial score (nSPS) is 10.4. The summed E-state index contributed by atoms with van der Waals surface area (Å²) in [4.78, 5) is 0. The van der Waals surface area contributed by atoms with Gasteiger partial charge in [-0.2, -0.15) is 0 Å². The largest absolute Gasteiger partial charge is 0.457 e. The highest BCUT2D eigenvalue weighted by molar-refractivity contribution is 5.33. The van der Waals surface area contributed by atoms with Crippen molar-refractivity contribution in [3.63, 3.8) is 0 Å². The molecule has 0 spiro atoms. The van der Waals surface area contributed by atoms with Crippen LogP contribution in [0.15, 0.2) is 54.6 Å². The quantitative estimate of drug-likeness (QED) is 0.723. The van der Waals surface area contributed by atoms with Gasteiger partial charge in [0.05, 0.1) is 0 Å². The first-order valence-corrected chi connectivity index (χ1v) is 7.11. The van der Waals surface area contributed by atoms with Crippen molar-refractivity contribution < 1.29 is 4.74 Å². The Bertz CT molecular complexity index is 499. The van der Waals surface area contributed by atoms with E-state index in [4.69, 9.17) is 10.5 Å². The summed E-state index contributed by atoms with van der Waals surface area (Å²) in [5.41, 5.74) is 6.70. The molecule has 0 aromatic heterocycles. The lowest BCUT2D eigenvalue weighted by atomic mass is 10.2. The monoisotopic (exact) mass is 270 g/mol. The zero-order chi connectivity index (χ0) is 14.0. The van der Waals surface area contributed by atoms with Crippen molar-refractivity contribution in [2.45, 2.75) is 19.4 Å². The van der Waals surface area contributed by atoms with E-state index in [1.165, 1.54) is 5.56 Å². The second-order valence-electron chi connectivity index (χ2n) is 4.74. The Hall–Kier alpha value is -1.84. The molecular weight excluding hydrogens is 248 g/mol. The van der Waals surface area contributed by atoms with Crippen molar-refractivity contribution in [2.24, 2.45) is 5.73 Å². The second-order valence-corrected chi connectivity index (χ2v) is 4.74. The molecular formula is C17H22N2O. The van der Waals surface area contributed by atoms with Gasteiger partial charge in [-0.25, -0.2) is 0 Å². The Kier molecular flexibility index (Phi) is 6.08. The molecule has 0 heterocycles.